The summed E-state index contributed by atoms with van der Waals surface area (Å²) in [5.41, 5.74) is 0.615. The number of benzene rings is 1. The standard InChI is InChI=1S/C35H53NO8Si/c1-14-36(32(39)43-33(4,5)6)25-20-24-16-15-17-27-30(42-35(10,11)41-27)26(37)19-18-22(2)23(3)40-31(38)29(24)28(21-25)44-45(12,13)34(7,8)9/h15-16,18-23,27,30H,14,17H2,1-13H3/b16-15+,19-18-/t22-,23+,27+,30-/m1/s1. The predicted molar refractivity (Wildman–Crippen MR) is 179 cm³/mol. The quantitative estimate of drug-likeness (QED) is 0.240. The van der Waals surface area contributed by atoms with Crippen LogP contribution in [0.2, 0.25) is 18.1 Å². The van der Waals surface area contributed by atoms with Gasteiger partial charge in [0.2, 0.25) is 0 Å². The van der Waals surface area contributed by atoms with E-state index in [1.165, 1.54) is 11.0 Å². The van der Waals surface area contributed by atoms with Gasteiger partial charge in [0.15, 0.2) is 11.6 Å². The van der Waals surface area contributed by atoms with Crippen molar-refractivity contribution in [2.45, 2.75) is 130 Å². The predicted octanol–water partition coefficient (Wildman–Crippen LogP) is 8.08. The molecule has 0 radical (unpaired) electrons. The van der Waals surface area contributed by atoms with Crippen molar-refractivity contribution in [3.05, 3.63) is 41.5 Å². The first-order valence-electron chi connectivity index (χ1n) is 15.9. The highest BCUT2D eigenvalue weighted by molar-refractivity contribution is 6.74. The number of ketones is 1. The Kier molecular flexibility index (Phi) is 10.9. The number of cyclic esters (lactones) is 1. The molecule has 9 nitrogen and oxygen atoms in total. The topological polar surface area (TPSA) is 101 Å². The lowest BCUT2D eigenvalue weighted by atomic mass is 9.99. The highest BCUT2D eigenvalue weighted by Gasteiger charge is 2.44. The Morgan fingerprint density at radius 1 is 1.04 bits per heavy atom. The van der Waals surface area contributed by atoms with Gasteiger partial charge in [0.1, 0.15) is 29.1 Å². The van der Waals surface area contributed by atoms with Crippen LogP contribution in [0.25, 0.3) is 6.08 Å². The van der Waals surface area contributed by atoms with Crippen LogP contribution in [-0.4, -0.2) is 62.4 Å². The molecule has 0 bridgehead atoms. The van der Waals surface area contributed by atoms with Crippen molar-refractivity contribution in [1.29, 1.82) is 0 Å². The van der Waals surface area contributed by atoms with Gasteiger partial charge in [-0.05, 0) is 90.7 Å². The first-order valence-corrected chi connectivity index (χ1v) is 18.8. The van der Waals surface area contributed by atoms with Gasteiger partial charge >= 0.3 is 12.1 Å². The minimum absolute atomic E-state index is 0.173. The second-order valence-electron chi connectivity index (χ2n) is 15.0. The lowest BCUT2D eigenvalue weighted by Gasteiger charge is -2.37. The van der Waals surface area contributed by atoms with Crippen LogP contribution in [0.15, 0.2) is 30.4 Å². The zero-order valence-electron chi connectivity index (χ0n) is 29.4. The minimum atomic E-state index is -2.48. The van der Waals surface area contributed by atoms with Crippen LogP contribution in [0, 0.1) is 5.92 Å². The van der Waals surface area contributed by atoms with Gasteiger partial charge in [0.25, 0.3) is 8.32 Å². The van der Waals surface area contributed by atoms with E-state index < -0.39 is 50.1 Å². The molecule has 2 heterocycles. The molecule has 10 heteroatoms. The summed E-state index contributed by atoms with van der Waals surface area (Å²) < 4.78 is 30.7. The Morgan fingerprint density at radius 3 is 2.27 bits per heavy atom. The van der Waals surface area contributed by atoms with Crippen LogP contribution in [0.1, 0.15) is 98.5 Å². The minimum Gasteiger partial charge on any atom is -0.543 e. The molecule has 0 unspecified atom stereocenters. The molecule has 0 saturated carbocycles. The van der Waals surface area contributed by atoms with E-state index in [0.717, 1.165) is 0 Å². The second kappa shape index (κ2) is 13.4. The number of fused-ring (bicyclic) bond motifs is 2. The molecule has 0 aromatic heterocycles. The number of rotatable bonds is 4. The number of amides is 1. The number of carbonyl (C=O) groups excluding carboxylic acids is 3. The van der Waals surface area contributed by atoms with E-state index in [-0.39, 0.29) is 22.3 Å². The van der Waals surface area contributed by atoms with Crippen molar-refractivity contribution in [3.63, 3.8) is 0 Å². The molecular weight excluding hydrogens is 590 g/mol. The number of hydrogen-bond acceptors (Lipinski definition) is 8. The Morgan fingerprint density at radius 2 is 1.69 bits per heavy atom. The molecule has 2 aliphatic heterocycles. The fraction of sp³-hybridized carbons (Fsp3) is 0.629. The van der Waals surface area contributed by atoms with Crippen LogP contribution >= 0.6 is 0 Å². The largest absolute Gasteiger partial charge is 0.543 e. The monoisotopic (exact) mass is 643 g/mol. The Labute approximate surface area is 270 Å². The van der Waals surface area contributed by atoms with Crippen molar-refractivity contribution < 1.29 is 37.8 Å². The van der Waals surface area contributed by atoms with Gasteiger partial charge in [-0.2, -0.15) is 0 Å². The lowest BCUT2D eigenvalue weighted by Crippen LogP contribution is -2.44. The maximum Gasteiger partial charge on any atom is 0.414 e. The zero-order valence-corrected chi connectivity index (χ0v) is 30.4. The molecule has 4 atom stereocenters. The van der Waals surface area contributed by atoms with Gasteiger partial charge in [-0.3, -0.25) is 9.69 Å². The van der Waals surface area contributed by atoms with E-state index in [0.29, 0.717) is 30.0 Å². The van der Waals surface area contributed by atoms with Crippen molar-refractivity contribution in [2.24, 2.45) is 5.92 Å². The van der Waals surface area contributed by atoms with Crippen LogP contribution in [0.3, 0.4) is 0 Å². The Hall–Kier alpha value is -2.95. The van der Waals surface area contributed by atoms with Gasteiger partial charge in [0, 0.05) is 18.5 Å². The lowest BCUT2D eigenvalue weighted by molar-refractivity contribution is -0.152. The van der Waals surface area contributed by atoms with Crippen LogP contribution in [0.4, 0.5) is 10.5 Å². The molecular formula is C35H53NO8Si. The first-order chi connectivity index (χ1) is 20.5. The Bertz CT molecular complexity index is 1330. The number of ether oxygens (including phenoxy) is 4. The van der Waals surface area contributed by atoms with Crippen molar-refractivity contribution in [2.75, 3.05) is 11.4 Å². The smallest absolute Gasteiger partial charge is 0.414 e. The van der Waals surface area contributed by atoms with Crippen molar-refractivity contribution in [1.82, 2.24) is 0 Å². The molecule has 3 rings (SSSR count). The summed E-state index contributed by atoms with van der Waals surface area (Å²) in [6, 6.07) is 3.52. The summed E-state index contributed by atoms with van der Waals surface area (Å²) in [6.07, 6.45) is 4.87. The average Bonchev–Trinajstić information content (AvgIpc) is 3.19. The van der Waals surface area contributed by atoms with E-state index in [9.17, 15) is 14.4 Å². The number of nitrogens with zero attached hydrogens (tertiary/aromatic N) is 1. The second-order valence-corrected chi connectivity index (χ2v) is 19.7. The summed E-state index contributed by atoms with van der Waals surface area (Å²) in [4.78, 5) is 42.1. The van der Waals surface area contributed by atoms with E-state index in [2.05, 4.69) is 33.9 Å². The fourth-order valence-electron chi connectivity index (χ4n) is 4.78. The SMILES string of the molecule is CCN(C(=O)OC(C)(C)C)c1cc2c(c(O[Si](C)(C)C(C)(C)C)c1)C(=O)O[C@@H](C)[C@H](C)/C=C\C(=O)[C@H]1OC(C)(C)O[C@H]1C/C=C/2. The number of hydrogen-bond donors (Lipinski definition) is 0. The normalized spacial score (nSPS) is 25.7. The summed E-state index contributed by atoms with van der Waals surface area (Å²) in [6.45, 7) is 25.5. The molecule has 250 valence electrons. The van der Waals surface area contributed by atoms with Gasteiger partial charge in [-0.15, -0.1) is 0 Å². The summed E-state index contributed by atoms with van der Waals surface area (Å²) in [5, 5.41) is -0.173. The molecule has 1 saturated heterocycles. The van der Waals surface area contributed by atoms with Crippen LogP contribution in [-0.2, 0) is 23.7 Å². The van der Waals surface area contributed by atoms with Gasteiger partial charge in [-0.1, -0.05) is 45.9 Å². The molecule has 45 heavy (non-hydrogen) atoms. The Balaban J connectivity index is 2.26. The van der Waals surface area contributed by atoms with Crippen LogP contribution < -0.4 is 9.33 Å². The summed E-state index contributed by atoms with van der Waals surface area (Å²) >= 11 is 0. The van der Waals surface area contributed by atoms with Crippen LogP contribution in [0.5, 0.6) is 5.75 Å². The van der Waals surface area contributed by atoms with Gasteiger partial charge < -0.3 is 23.4 Å². The van der Waals surface area contributed by atoms with Gasteiger partial charge in [-0.25, -0.2) is 9.59 Å². The molecule has 1 aromatic carbocycles. The maximum atomic E-state index is 14.0. The summed E-state index contributed by atoms with van der Waals surface area (Å²) in [5.74, 6) is -1.60. The third-order valence-corrected chi connectivity index (χ3v) is 12.8. The molecule has 1 fully saturated rings. The third-order valence-electron chi connectivity index (χ3n) is 8.46. The third kappa shape index (κ3) is 9.07. The summed E-state index contributed by atoms with van der Waals surface area (Å²) in [7, 11) is -2.48. The van der Waals surface area contributed by atoms with Gasteiger partial charge in [0.05, 0.1) is 11.8 Å². The first kappa shape index (κ1) is 36.5. The molecule has 0 N–H and O–H groups in total. The number of esters is 1. The molecule has 2 aliphatic rings. The molecule has 1 amide bonds. The highest BCUT2D eigenvalue weighted by atomic mass is 28.4. The van der Waals surface area contributed by atoms with Crippen molar-refractivity contribution in [3.8, 4) is 5.75 Å². The molecule has 0 spiro atoms. The van der Waals surface area contributed by atoms with E-state index in [1.807, 2.05) is 40.7 Å². The molecule has 0 aliphatic carbocycles. The maximum absolute atomic E-state index is 14.0. The van der Waals surface area contributed by atoms with E-state index in [1.54, 1.807) is 45.1 Å². The van der Waals surface area contributed by atoms with E-state index in [4.69, 9.17) is 23.4 Å². The highest BCUT2D eigenvalue weighted by Crippen LogP contribution is 2.41. The fourth-order valence-corrected chi connectivity index (χ4v) is 5.80. The number of carbonyl (C=O) groups is 3. The zero-order chi connectivity index (χ0) is 34.1. The molecule has 1 aromatic rings. The average molecular weight is 644 g/mol. The number of anilines is 1. The van der Waals surface area contributed by atoms with E-state index >= 15 is 0 Å². The van der Waals surface area contributed by atoms with Crippen molar-refractivity contribution >= 4 is 37.9 Å².